The molecule has 0 saturated heterocycles. The summed E-state index contributed by atoms with van der Waals surface area (Å²) in [5, 5.41) is 6.82. The van der Waals surface area contributed by atoms with Crippen molar-refractivity contribution in [1.29, 1.82) is 0 Å². The van der Waals surface area contributed by atoms with Crippen LogP contribution in [0.3, 0.4) is 0 Å². The number of carbonyl (C=O) groups is 1. The highest BCUT2D eigenvalue weighted by Gasteiger charge is 2.24. The van der Waals surface area contributed by atoms with Gasteiger partial charge in [0.25, 0.3) is 11.5 Å². The Kier molecular flexibility index (Phi) is 4.67. The maximum absolute atomic E-state index is 13.8. The third-order valence-electron chi connectivity index (χ3n) is 4.53. The lowest BCUT2D eigenvalue weighted by atomic mass is 10.1. The van der Waals surface area contributed by atoms with Gasteiger partial charge in [-0.3, -0.25) is 9.59 Å². The molecular formula is C21H16F2N4O2. The summed E-state index contributed by atoms with van der Waals surface area (Å²) in [7, 11) is 1.67. The zero-order valence-corrected chi connectivity index (χ0v) is 15.4. The molecule has 0 atom stereocenters. The first-order chi connectivity index (χ1) is 14.0. The number of nitrogens with zero attached hydrogens (tertiary/aromatic N) is 3. The molecule has 0 fully saturated rings. The molecule has 0 unspecified atom stereocenters. The lowest BCUT2D eigenvalue weighted by Gasteiger charge is -2.11. The van der Waals surface area contributed by atoms with Gasteiger partial charge in [0, 0.05) is 31.5 Å². The van der Waals surface area contributed by atoms with Crippen LogP contribution in [0.15, 0.2) is 65.7 Å². The van der Waals surface area contributed by atoms with Crippen LogP contribution in [0.4, 0.5) is 8.78 Å². The van der Waals surface area contributed by atoms with E-state index in [-0.39, 0.29) is 34.5 Å². The number of hydrogen-bond donors (Lipinski definition) is 1. The number of nitrogens with one attached hydrogen (secondary N) is 1. The van der Waals surface area contributed by atoms with Gasteiger partial charge in [0.1, 0.15) is 17.3 Å². The molecule has 4 rings (SSSR count). The Balaban J connectivity index is 1.72. The number of aromatic nitrogens is 3. The van der Waals surface area contributed by atoms with Crippen LogP contribution >= 0.6 is 0 Å². The Morgan fingerprint density at radius 2 is 1.72 bits per heavy atom. The van der Waals surface area contributed by atoms with E-state index in [1.165, 1.54) is 16.9 Å². The second kappa shape index (κ2) is 7.31. The zero-order chi connectivity index (χ0) is 20.5. The Bertz CT molecular complexity index is 1210. The second-order valence-corrected chi connectivity index (χ2v) is 6.54. The summed E-state index contributed by atoms with van der Waals surface area (Å²) in [6, 6.07) is 12.3. The summed E-state index contributed by atoms with van der Waals surface area (Å²) in [6.45, 7) is -0.332. The van der Waals surface area contributed by atoms with E-state index >= 15 is 0 Å². The Morgan fingerprint density at radius 3 is 2.41 bits per heavy atom. The molecule has 29 heavy (non-hydrogen) atoms. The van der Waals surface area contributed by atoms with Gasteiger partial charge in [-0.1, -0.05) is 24.3 Å². The van der Waals surface area contributed by atoms with Crippen LogP contribution in [0.25, 0.3) is 16.9 Å². The van der Waals surface area contributed by atoms with Crippen molar-refractivity contribution in [1.82, 2.24) is 19.7 Å². The number of rotatable bonds is 4. The zero-order valence-electron chi connectivity index (χ0n) is 15.4. The fourth-order valence-electron chi connectivity index (χ4n) is 3.11. The fourth-order valence-corrected chi connectivity index (χ4v) is 3.11. The standard InChI is InChI=1S/C21H16F2N4O2/c1-26-11-15(20(28)24-10-14-17(22)8-5-9-18(14)23)19-16(12-26)21(29)27(25-19)13-6-3-2-4-7-13/h2-9,11-12H,10H2,1H3,(H,24,28). The van der Waals surface area contributed by atoms with E-state index in [9.17, 15) is 18.4 Å². The van der Waals surface area contributed by atoms with Crippen LogP contribution in [0.5, 0.6) is 0 Å². The first kappa shape index (κ1) is 18.5. The third kappa shape index (κ3) is 3.40. The van der Waals surface area contributed by atoms with E-state index in [1.807, 2.05) is 6.07 Å². The summed E-state index contributed by atoms with van der Waals surface area (Å²) < 4.78 is 30.4. The van der Waals surface area contributed by atoms with Crippen LogP contribution in [-0.4, -0.2) is 20.3 Å². The molecule has 1 N–H and O–H groups in total. The first-order valence-electron chi connectivity index (χ1n) is 8.81. The Morgan fingerprint density at radius 1 is 1.03 bits per heavy atom. The molecule has 0 bridgehead atoms. The summed E-state index contributed by atoms with van der Waals surface area (Å²) in [5.41, 5.74) is 0.572. The molecule has 0 radical (unpaired) electrons. The molecule has 2 aliphatic rings. The summed E-state index contributed by atoms with van der Waals surface area (Å²) >= 11 is 0. The highest BCUT2D eigenvalue weighted by Crippen LogP contribution is 2.22. The van der Waals surface area contributed by atoms with Gasteiger partial charge >= 0.3 is 0 Å². The lowest BCUT2D eigenvalue weighted by Crippen LogP contribution is -2.25. The largest absolute Gasteiger partial charge is 0.356 e. The van der Waals surface area contributed by atoms with E-state index in [2.05, 4.69) is 10.4 Å². The number of amides is 1. The number of pyridine rings is 1. The number of halogens is 2. The number of aryl methyl sites for hydroxylation is 1. The monoisotopic (exact) mass is 394 g/mol. The van der Waals surface area contributed by atoms with E-state index in [1.54, 1.807) is 42.1 Å². The minimum absolute atomic E-state index is 0.133. The first-order valence-corrected chi connectivity index (χ1v) is 8.81. The molecule has 146 valence electrons. The van der Waals surface area contributed by atoms with Crippen LogP contribution in [-0.2, 0) is 13.6 Å². The molecule has 2 aromatic carbocycles. The molecule has 2 aromatic rings. The average Bonchev–Trinajstić information content (AvgIpc) is 3.04. The number of fused-ring (bicyclic) bond motifs is 1. The van der Waals surface area contributed by atoms with Gasteiger partial charge < -0.3 is 9.88 Å². The van der Waals surface area contributed by atoms with Crippen LogP contribution in [0, 0.1) is 11.6 Å². The van der Waals surface area contributed by atoms with Crippen molar-refractivity contribution in [3.8, 4) is 16.9 Å². The summed E-state index contributed by atoms with van der Waals surface area (Å²) in [6.07, 6.45) is 3.09. The Labute approximate surface area is 164 Å². The molecule has 0 saturated carbocycles. The molecule has 6 nitrogen and oxygen atoms in total. The summed E-state index contributed by atoms with van der Waals surface area (Å²) in [4.78, 5) is 25.5. The number of carbonyl (C=O) groups excluding carboxylic acids is 1. The minimum atomic E-state index is -0.746. The number of benzene rings is 2. The van der Waals surface area contributed by atoms with E-state index in [0.29, 0.717) is 5.69 Å². The molecule has 0 aliphatic carbocycles. The van der Waals surface area contributed by atoms with Crippen molar-refractivity contribution < 1.29 is 13.6 Å². The van der Waals surface area contributed by atoms with E-state index in [4.69, 9.17) is 0 Å². The minimum Gasteiger partial charge on any atom is -0.356 e. The SMILES string of the molecule is Cn1cc(C(=O)NCc2c(F)cccc2F)c2nn(-c3ccccc3)c(=O)c-2c1. The highest BCUT2D eigenvalue weighted by atomic mass is 19.1. The average molecular weight is 394 g/mol. The molecule has 8 heteroatoms. The van der Waals surface area contributed by atoms with Gasteiger partial charge in [-0.25, -0.2) is 8.78 Å². The van der Waals surface area contributed by atoms with Crippen LogP contribution < -0.4 is 10.9 Å². The van der Waals surface area contributed by atoms with Crippen molar-refractivity contribution in [3.05, 3.63) is 94.0 Å². The third-order valence-corrected chi connectivity index (χ3v) is 4.53. The fraction of sp³-hybridized carbons (Fsp3) is 0.0952. The lowest BCUT2D eigenvalue weighted by molar-refractivity contribution is 0.0950. The maximum Gasteiger partial charge on any atom is 0.282 e. The number of hydrogen-bond acceptors (Lipinski definition) is 3. The van der Waals surface area contributed by atoms with Gasteiger partial charge in [-0.15, -0.1) is 0 Å². The molecule has 2 aliphatic heterocycles. The van der Waals surface area contributed by atoms with Gasteiger partial charge in [-0.2, -0.15) is 9.78 Å². The van der Waals surface area contributed by atoms with Crippen molar-refractivity contribution in [2.75, 3.05) is 0 Å². The van der Waals surface area contributed by atoms with Gasteiger partial charge in [-0.05, 0) is 24.3 Å². The predicted molar refractivity (Wildman–Crippen MR) is 103 cm³/mol. The molecule has 0 spiro atoms. The van der Waals surface area contributed by atoms with Crippen molar-refractivity contribution in [2.45, 2.75) is 6.54 Å². The van der Waals surface area contributed by atoms with Crippen LogP contribution in [0.2, 0.25) is 0 Å². The van der Waals surface area contributed by atoms with Gasteiger partial charge in [0.15, 0.2) is 0 Å². The molecule has 0 aromatic heterocycles. The van der Waals surface area contributed by atoms with Gasteiger partial charge in [0.05, 0.1) is 16.8 Å². The maximum atomic E-state index is 13.8. The molecular weight excluding hydrogens is 378 g/mol. The predicted octanol–water partition coefficient (Wildman–Crippen LogP) is 2.88. The van der Waals surface area contributed by atoms with E-state index < -0.39 is 17.5 Å². The number of para-hydroxylation sites is 1. The normalized spacial score (nSPS) is 11.0. The van der Waals surface area contributed by atoms with E-state index in [0.717, 1.165) is 12.1 Å². The second-order valence-electron chi connectivity index (χ2n) is 6.54. The topological polar surface area (TPSA) is 68.9 Å². The van der Waals surface area contributed by atoms with Crippen molar-refractivity contribution in [2.24, 2.45) is 7.05 Å². The van der Waals surface area contributed by atoms with Crippen LogP contribution in [0.1, 0.15) is 15.9 Å². The molecule has 2 heterocycles. The molecule has 1 amide bonds. The van der Waals surface area contributed by atoms with Crippen molar-refractivity contribution in [3.63, 3.8) is 0 Å². The summed E-state index contributed by atoms with van der Waals surface area (Å²) in [5.74, 6) is -2.08. The van der Waals surface area contributed by atoms with Crippen molar-refractivity contribution >= 4 is 5.91 Å². The smallest absolute Gasteiger partial charge is 0.282 e. The highest BCUT2D eigenvalue weighted by molar-refractivity contribution is 5.99. The Hall–Kier alpha value is -3.81. The quantitative estimate of drug-likeness (QED) is 0.579. The van der Waals surface area contributed by atoms with Gasteiger partial charge in [0.2, 0.25) is 0 Å².